The number of urea groups is 1. The fourth-order valence-corrected chi connectivity index (χ4v) is 7.31. The van der Waals surface area contributed by atoms with Crippen molar-refractivity contribution in [2.24, 2.45) is 5.92 Å². The fraction of sp³-hybridized carbons (Fsp3) is 0.514. The van der Waals surface area contributed by atoms with E-state index in [-0.39, 0.29) is 25.3 Å². The van der Waals surface area contributed by atoms with Crippen molar-refractivity contribution in [2.75, 3.05) is 13.7 Å². The third kappa shape index (κ3) is 7.52. The number of hydrogen-bond acceptors (Lipinski definition) is 9. The number of nitrogens with zero attached hydrogens (tertiary/aromatic N) is 5. The van der Waals surface area contributed by atoms with E-state index in [0.29, 0.717) is 35.0 Å². The van der Waals surface area contributed by atoms with Crippen LogP contribution >= 0.6 is 11.3 Å². The van der Waals surface area contributed by atoms with Gasteiger partial charge in [-0.05, 0) is 70.7 Å². The highest BCUT2D eigenvalue weighted by Gasteiger charge is 2.61. The molecule has 4 amide bonds. The van der Waals surface area contributed by atoms with Crippen molar-refractivity contribution >= 4 is 35.2 Å². The number of aromatic nitrogens is 4. The highest BCUT2D eigenvalue weighted by Crippen LogP contribution is 2.45. The molecule has 1 aromatic carbocycles. The first kappa shape index (κ1) is 35.1. The Balaban J connectivity index is 1.35. The quantitative estimate of drug-likeness (QED) is 0.274. The van der Waals surface area contributed by atoms with Gasteiger partial charge >= 0.3 is 12.0 Å². The number of rotatable bonds is 6. The van der Waals surface area contributed by atoms with E-state index in [1.165, 1.54) is 21.0 Å². The Morgan fingerprint density at radius 1 is 1.10 bits per heavy atom. The van der Waals surface area contributed by atoms with E-state index in [1.54, 1.807) is 13.3 Å². The number of thiazole rings is 1. The Morgan fingerprint density at radius 3 is 2.54 bits per heavy atom. The molecule has 1 aliphatic carbocycles. The van der Waals surface area contributed by atoms with Gasteiger partial charge in [0.15, 0.2) is 0 Å². The van der Waals surface area contributed by atoms with Gasteiger partial charge in [0.1, 0.15) is 39.8 Å². The number of carbonyl (C=O) groups is 4. The summed E-state index contributed by atoms with van der Waals surface area (Å²) in [4.78, 5) is 61.5. The van der Waals surface area contributed by atoms with Gasteiger partial charge in [0, 0.05) is 41.6 Å². The van der Waals surface area contributed by atoms with Crippen LogP contribution in [0.3, 0.4) is 0 Å². The third-order valence-corrected chi connectivity index (χ3v) is 10.2. The van der Waals surface area contributed by atoms with Crippen LogP contribution in [0.4, 0.5) is 4.79 Å². The smallest absolute Gasteiger partial charge is 0.330 e. The number of amides is 4. The minimum absolute atomic E-state index is 0.0768. The zero-order valence-electron chi connectivity index (χ0n) is 28.7. The molecule has 50 heavy (non-hydrogen) atoms. The van der Waals surface area contributed by atoms with Crippen molar-refractivity contribution < 1.29 is 29.0 Å². The minimum atomic E-state index is -1.44. The van der Waals surface area contributed by atoms with Crippen LogP contribution in [0, 0.1) is 5.92 Å². The van der Waals surface area contributed by atoms with Crippen LogP contribution in [0.25, 0.3) is 22.0 Å². The number of carboxylic acid groups (broad SMARTS) is 1. The number of fused-ring (bicyclic) bond motifs is 2. The average molecular weight is 705 g/mol. The molecule has 0 unspecified atom stereocenters. The van der Waals surface area contributed by atoms with E-state index in [4.69, 9.17) is 14.9 Å². The highest BCUT2D eigenvalue weighted by molar-refractivity contribution is 7.13. The molecule has 4 N–H and O–H groups in total. The molecule has 1 saturated heterocycles. The van der Waals surface area contributed by atoms with E-state index < -0.39 is 53.0 Å². The second-order valence-electron chi connectivity index (χ2n) is 14.2. The van der Waals surface area contributed by atoms with Crippen LogP contribution in [-0.2, 0) is 14.4 Å². The maximum Gasteiger partial charge on any atom is 0.330 e. The molecule has 2 fully saturated rings. The van der Waals surface area contributed by atoms with E-state index in [0.717, 1.165) is 24.8 Å². The van der Waals surface area contributed by atoms with Crippen LogP contribution in [0.1, 0.15) is 71.8 Å². The predicted octanol–water partition coefficient (Wildman–Crippen LogP) is 4.17. The lowest BCUT2D eigenvalue weighted by Gasteiger charge is -2.30. The van der Waals surface area contributed by atoms with Gasteiger partial charge in [0.2, 0.25) is 11.8 Å². The molecule has 2 aliphatic heterocycles. The Labute approximate surface area is 294 Å². The van der Waals surface area contributed by atoms with Crippen LogP contribution < -0.4 is 20.7 Å². The molecule has 266 valence electrons. The maximum absolute atomic E-state index is 14.4. The van der Waals surface area contributed by atoms with Crippen LogP contribution in [0.5, 0.6) is 5.75 Å². The number of carbonyl (C=O) groups excluding carboxylic acids is 3. The summed E-state index contributed by atoms with van der Waals surface area (Å²) in [6.07, 6.45) is 9.44. The molecular weight excluding hydrogens is 661 g/mol. The number of ether oxygens (including phenoxy) is 1. The van der Waals surface area contributed by atoms with Gasteiger partial charge in [-0.15, -0.1) is 16.4 Å². The number of allylic oxidation sites excluding steroid dienone is 1. The summed E-state index contributed by atoms with van der Waals surface area (Å²) in [5.74, 6) is -1.74. The minimum Gasteiger partial charge on any atom is -0.497 e. The van der Waals surface area contributed by atoms with Gasteiger partial charge in [-0.25, -0.2) is 14.6 Å². The molecule has 2 aromatic heterocycles. The molecular formula is C35H44N8O6S. The molecule has 1 saturated carbocycles. The fourth-order valence-electron chi connectivity index (χ4n) is 6.69. The first-order chi connectivity index (χ1) is 23.9. The Morgan fingerprint density at radius 2 is 1.86 bits per heavy atom. The highest BCUT2D eigenvalue weighted by atomic mass is 32.1. The number of nitrogens with one attached hydrogen (secondary N) is 3. The Bertz CT molecular complexity index is 1750. The molecule has 14 nitrogen and oxygen atoms in total. The summed E-state index contributed by atoms with van der Waals surface area (Å²) in [5.41, 5.74) is -0.0439. The lowest BCUT2D eigenvalue weighted by Crippen LogP contribution is -2.58. The maximum atomic E-state index is 14.4. The SMILES string of the molecule is COc1ccc(-c2nn([C@@H]3C[C@H]4C(=O)N[C@]5(C(=O)O)C[C@@H]5/C=C\CCCCC[C@H](NC(=O)NC(C)(C)C)C(=O)N4C3)nc2-c2nccs2)cc1. The molecule has 3 aliphatic rings. The first-order valence-electron chi connectivity index (χ1n) is 17.0. The standard InChI is InChI=1S/C35H44N8O6S/c1-34(2,3)39-33(48)37-25-11-9-7-5-6-8-10-22-19-35(22,32(46)47)38-29(44)26-18-23(20-42(26)31(25)45)43-40-27(21-12-14-24(49-4)15-13-21)28(41-43)30-36-16-17-50-30/h8,10,12-17,22-23,25-26H,5-7,9,11,18-20H2,1-4H3,(H,38,44)(H,46,47)(H2,37,39,48)/b10-8-/t22-,23+,25-,26-,35+/m0/s1. The second-order valence-corrected chi connectivity index (χ2v) is 15.1. The number of hydrogen-bond donors (Lipinski definition) is 4. The second kappa shape index (κ2) is 14.2. The van der Waals surface area contributed by atoms with E-state index in [2.05, 4.69) is 20.9 Å². The summed E-state index contributed by atoms with van der Waals surface area (Å²) < 4.78 is 5.33. The van der Waals surface area contributed by atoms with Crippen LogP contribution in [-0.4, -0.2) is 90.6 Å². The normalized spacial score (nSPS) is 26.4. The zero-order valence-corrected chi connectivity index (χ0v) is 29.5. The molecule has 4 heterocycles. The lowest BCUT2D eigenvalue weighted by molar-refractivity contribution is -0.145. The van der Waals surface area contributed by atoms with E-state index in [9.17, 15) is 24.3 Å². The lowest BCUT2D eigenvalue weighted by atomic mass is 10.0. The predicted molar refractivity (Wildman–Crippen MR) is 186 cm³/mol. The number of aliphatic carboxylic acids is 1. The third-order valence-electron chi connectivity index (χ3n) is 9.39. The van der Waals surface area contributed by atoms with Crippen molar-refractivity contribution in [3.8, 4) is 27.7 Å². The van der Waals surface area contributed by atoms with Gasteiger partial charge < -0.3 is 30.7 Å². The monoisotopic (exact) mass is 704 g/mol. The number of carboxylic acids is 1. The van der Waals surface area contributed by atoms with Crippen molar-refractivity contribution in [2.45, 2.75) is 94.9 Å². The van der Waals surface area contributed by atoms with Gasteiger partial charge in [-0.1, -0.05) is 25.0 Å². The Hall–Kier alpha value is -4.79. The van der Waals surface area contributed by atoms with Crippen molar-refractivity contribution in [3.63, 3.8) is 0 Å². The number of methoxy groups -OCH3 is 1. The molecule has 5 atom stereocenters. The summed E-state index contributed by atoms with van der Waals surface area (Å²) >= 11 is 1.42. The zero-order chi connectivity index (χ0) is 35.6. The molecule has 6 rings (SSSR count). The van der Waals surface area contributed by atoms with E-state index >= 15 is 0 Å². The summed E-state index contributed by atoms with van der Waals surface area (Å²) in [6.45, 7) is 5.63. The Kier molecular flexibility index (Phi) is 9.96. The summed E-state index contributed by atoms with van der Waals surface area (Å²) in [5, 5.41) is 31.0. The summed E-state index contributed by atoms with van der Waals surface area (Å²) in [6, 6.07) is 4.49. The van der Waals surface area contributed by atoms with Gasteiger partial charge in [-0.3, -0.25) is 9.59 Å². The largest absolute Gasteiger partial charge is 0.497 e. The average Bonchev–Trinajstić information content (AvgIpc) is 3.52. The molecule has 0 radical (unpaired) electrons. The van der Waals surface area contributed by atoms with Crippen molar-refractivity contribution in [1.82, 2.24) is 40.8 Å². The van der Waals surface area contributed by atoms with Crippen molar-refractivity contribution in [3.05, 3.63) is 48.0 Å². The van der Waals surface area contributed by atoms with Crippen molar-refractivity contribution in [1.29, 1.82) is 0 Å². The topological polar surface area (TPSA) is 181 Å². The summed E-state index contributed by atoms with van der Waals surface area (Å²) in [7, 11) is 1.59. The molecule has 0 spiro atoms. The van der Waals surface area contributed by atoms with Gasteiger partial charge in [0.25, 0.3) is 0 Å². The molecule has 15 heteroatoms. The van der Waals surface area contributed by atoms with E-state index in [1.807, 2.05) is 62.6 Å². The van der Waals surface area contributed by atoms with Gasteiger partial charge in [0.05, 0.1) is 13.2 Å². The first-order valence-corrected chi connectivity index (χ1v) is 17.9. The van der Waals surface area contributed by atoms with Crippen LogP contribution in [0.2, 0.25) is 0 Å². The van der Waals surface area contributed by atoms with Crippen LogP contribution in [0.15, 0.2) is 48.0 Å². The molecule has 3 aromatic rings. The molecule has 0 bridgehead atoms. The van der Waals surface area contributed by atoms with Gasteiger partial charge in [-0.2, -0.15) is 9.90 Å². The number of benzene rings is 1.